The predicted molar refractivity (Wildman–Crippen MR) is 106 cm³/mol. The average Bonchev–Trinajstić information content (AvgIpc) is 2.70. The summed E-state index contributed by atoms with van der Waals surface area (Å²) in [5, 5.41) is 12.6. The number of benzene rings is 2. The molecule has 2 aromatic rings. The quantitative estimate of drug-likeness (QED) is 0.748. The summed E-state index contributed by atoms with van der Waals surface area (Å²) in [7, 11) is 1.69. The number of nitrogens with one attached hydrogen (secondary N) is 1. The third-order valence-corrected chi connectivity index (χ3v) is 5.21. The van der Waals surface area contributed by atoms with Gasteiger partial charge in [-0.1, -0.05) is 24.3 Å². The molecule has 0 bridgehead atoms. The lowest BCUT2D eigenvalue weighted by molar-refractivity contribution is 0.0696. The van der Waals surface area contributed by atoms with Crippen molar-refractivity contribution in [3.8, 4) is 5.75 Å². The molecule has 2 aromatic carbocycles. The fourth-order valence-corrected chi connectivity index (χ4v) is 3.57. The first-order chi connectivity index (χ1) is 13.1. The number of aromatic carboxylic acids is 1. The van der Waals surface area contributed by atoms with E-state index in [1.165, 1.54) is 18.4 Å². The highest BCUT2D eigenvalue weighted by Gasteiger charge is 2.19. The Hall–Kier alpha value is -2.37. The lowest BCUT2D eigenvalue weighted by Crippen LogP contribution is -2.36. The van der Waals surface area contributed by atoms with E-state index in [0.29, 0.717) is 18.0 Å². The maximum absolute atomic E-state index is 11.0. The van der Waals surface area contributed by atoms with Gasteiger partial charge in [-0.2, -0.15) is 0 Å². The zero-order valence-electron chi connectivity index (χ0n) is 15.9. The molecule has 0 saturated carbocycles. The predicted octanol–water partition coefficient (Wildman–Crippen LogP) is 3.40. The van der Waals surface area contributed by atoms with Crippen molar-refractivity contribution in [2.45, 2.75) is 25.9 Å². The van der Waals surface area contributed by atoms with Gasteiger partial charge in [0.2, 0.25) is 0 Å². The molecule has 1 fully saturated rings. The van der Waals surface area contributed by atoms with E-state index in [9.17, 15) is 4.79 Å². The van der Waals surface area contributed by atoms with Crippen LogP contribution in [0.5, 0.6) is 5.75 Å². The van der Waals surface area contributed by atoms with E-state index in [1.54, 1.807) is 25.3 Å². The Morgan fingerprint density at radius 1 is 1.15 bits per heavy atom. The Morgan fingerprint density at radius 2 is 1.89 bits per heavy atom. The molecule has 27 heavy (non-hydrogen) atoms. The highest BCUT2D eigenvalue weighted by atomic mass is 16.5. The second-order valence-corrected chi connectivity index (χ2v) is 7.20. The number of methoxy groups -OCH3 is 1. The van der Waals surface area contributed by atoms with Crippen LogP contribution in [0.25, 0.3) is 0 Å². The molecule has 5 heteroatoms. The number of rotatable bonds is 8. The lowest BCUT2D eigenvalue weighted by atomic mass is 9.96. The van der Waals surface area contributed by atoms with E-state index in [1.807, 2.05) is 18.2 Å². The summed E-state index contributed by atoms with van der Waals surface area (Å²) in [6.45, 7) is 4.92. The Labute approximate surface area is 161 Å². The summed E-state index contributed by atoms with van der Waals surface area (Å²) in [5.41, 5.74) is 2.69. The monoisotopic (exact) mass is 368 g/mol. The molecule has 144 valence electrons. The molecule has 1 aliphatic rings. The molecule has 0 aromatic heterocycles. The van der Waals surface area contributed by atoms with Gasteiger partial charge in [0, 0.05) is 13.1 Å². The van der Waals surface area contributed by atoms with Gasteiger partial charge >= 0.3 is 5.97 Å². The molecule has 0 radical (unpaired) electrons. The van der Waals surface area contributed by atoms with Crippen molar-refractivity contribution in [1.82, 2.24) is 10.2 Å². The number of ether oxygens (including phenoxy) is 1. The SMILES string of the molecule is COc1ccc(CN2CCC(CNCc3cccc(C(=O)O)c3)CC2)cc1. The highest BCUT2D eigenvalue weighted by Crippen LogP contribution is 2.20. The first-order valence-electron chi connectivity index (χ1n) is 9.52. The van der Waals surface area contributed by atoms with Gasteiger partial charge in [0.15, 0.2) is 0 Å². The number of nitrogens with zero attached hydrogens (tertiary/aromatic N) is 1. The van der Waals surface area contributed by atoms with Gasteiger partial charge in [0.1, 0.15) is 5.75 Å². The standard InChI is InChI=1S/C22H28N2O3/c1-27-21-7-5-18(6-8-21)16-24-11-9-17(10-12-24)14-23-15-19-3-2-4-20(13-19)22(25)26/h2-8,13,17,23H,9-12,14-16H2,1H3,(H,25,26). The van der Waals surface area contributed by atoms with Crippen LogP contribution in [0, 0.1) is 5.92 Å². The van der Waals surface area contributed by atoms with E-state index >= 15 is 0 Å². The molecule has 3 rings (SSSR count). The zero-order valence-corrected chi connectivity index (χ0v) is 15.9. The first kappa shape index (κ1) is 19.4. The van der Waals surface area contributed by atoms with Crippen LogP contribution in [0.2, 0.25) is 0 Å². The summed E-state index contributed by atoms with van der Waals surface area (Å²) in [6.07, 6.45) is 2.39. The summed E-state index contributed by atoms with van der Waals surface area (Å²) in [4.78, 5) is 13.5. The second kappa shape index (κ2) is 9.53. The summed E-state index contributed by atoms with van der Waals surface area (Å²) < 4.78 is 5.21. The number of piperidine rings is 1. The molecule has 2 N–H and O–H groups in total. The van der Waals surface area contributed by atoms with Crippen molar-refractivity contribution < 1.29 is 14.6 Å². The van der Waals surface area contributed by atoms with Crippen LogP contribution in [-0.4, -0.2) is 42.7 Å². The molecule has 0 atom stereocenters. The molecule has 1 aliphatic heterocycles. The van der Waals surface area contributed by atoms with Gasteiger partial charge in [0.25, 0.3) is 0 Å². The first-order valence-corrected chi connectivity index (χ1v) is 9.52. The second-order valence-electron chi connectivity index (χ2n) is 7.20. The lowest BCUT2D eigenvalue weighted by Gasteiger charge is -2.32. The van der Waals surface area contributed by atoms with Crippen LogP contribution in [0.1, 0.15) is 34.3 Å². The Kier molecular flexibility index (Phi) is 6.85. The van der Waals surface area contributed by atoms with Crippen molar-refractivity contribution in [1.29, 1.82) is 0 Å². The summed E-state index contributed by atoms with van der Waals surface area (Å²) in [5.74, 6) is 0.707. The third kappa shape index (κ3) is 5.81. The molecular formula is C22H28N2O3. The van der Waals surface area contributed by atoms with E-state index < -0.39 is 5.97 Å². The van der Waals surface area contributed by atoms with E-state index in [2.05, 4.69) is 22.3 Å². The van der Waals surface area contributed by atoms with Crippen LogP contribution in [0.3, 0.4) is 0 Å². The smallest absolute Gasteiger partial charge is 0.335 e. The zero-order chi connectivity index (χ0) is 19.1. The maximum Gasteiger partial charge on any atom is 0.335 e. The van der Waals surface area contributed by atoms with Crippen LogP contribution >= 0.6 is 0 Å². The van der Waals surface area contributed by atoms with E-state index in [0.717, 1.165) is 37.5 Å². The maximum atomic E-state index is 11.0. The molecule has 0 aliphatic carbocycles. The van der Waals surface area contributed by atoms with Gasteiger partial charge < -0.3 is 15.2 Å². The number of carboxylic acids is 1. The Bertz CT molecular complexity index is 737. The number of hydrogen-bond donors (Lipinski definition) is 2. The minimum atomic E-state index is -0.874. The van der Waals surface area contributed by atoms with E-state index in [4.69, 9.17) is 9.84 Å². The fraction of sp³-hybridized carbons (Fsp3) is 0.409. The van der Waals surface area contributed by atoms with E-state index in [-0.39, 0.29) is 0 Å². The van der Waals surface area contributed by atoms with Gasteiger partial charge in [-0.15, -0.1) is 0 Å². The Balaban J connectivity index is 1.38. The molecule has 1 saturated heterocycles. The van der Waals surface area contributed by atoms with Crippen LogP contribution in [0.4, 0.5) is 0 Å². The minimum absolute atomic E-state index is 0.348. The fourth-order valence-electron chi connectivity index (χ4n) is 3.57. The van der Waals surface area contributed by atoms with Gasteiger partial charge in [-0.05, 0) is 73.8 Å². The molecule has 0 spiro atoms. The van der Waals surface area contributed by atoms with Crippen molar-refractivity contribution in [3.05, 3.63) is 65.2 Å². The average molecular weight is 368 g/mol. The summed E-state index contributed by atoms with van der Waals surface area (Å²) >= 11 is 0. The van der Waals surface area contributed by atoms with Crippen LogP contribution in [0.15, 0.2) is 48.5 Å². The van der Waals surface area contributed by atoms with Crippen molar-refractivity contribution in [2.24, 2.45) is 5.92 Å². The molecule has 1 heterocycles. The largest absolute Gasteiger partial charge is 0.497 e. The highest BCUT2D eigenvalue weighted by molar-refractivity contribution is 5.87. The number of carbonyl (C=O) groups is 1. The van der Waals surface area contributed by atoms with Gasteiger partial charge in [0.05, 0.1) is 12.7 Å². The van der Waals surface area contributed by atoms with Crippen molar-refractivity contribution in [3.63, 3.8) is 0 Å². The van der Waals surface area contributed by atoms with Crippen molar-refractivity contribution in [2.75, 3.05) is 26.7 Å². The third-order valence-electron chi connectivity index (χ3n) is 5.21. The topological polar surface area (TPSA) is 61.8 Å². The van der Waals surface area contributed by atoms with Crippen molar-refractivity contribution >= 4 is 5.97 Å². The molecule has 5 nitrogen and oxygen atoms in total. The number of carboxylic acid groups (broad SMARTS) is 1. The number of likely N-dealkylation sites (tertiary alicyclic amines) is 1. The molecule has 0 amide bonds. The van der Waals surface area contributed by atoms with Crippen LogP contribution in [-0.2, 0) is 13.1 Å². The number of hydrogen-bond acceptors (Lipinski definition) is 4. The van der Waals surface area contributed by atoms with Gasteiger partial charge in [-0.25, -0.2) is 4.79 Å². The summed E-state index contributed by atoms with van der Waals surface area (Å²) in [6, 6.07) is 15.5. The molecular weight excluding hydrogens is 340 g/mol. The minimum Gasteiger partial charge on any atom is -0.497 e. The Morgan fingerprint density at radius 3 is 2.56 bits per heavy atom. The van der Waals surface area contributed by atoms with Crippen LogP contribution < -0.4 is 10.1 Å². The molecule has 0 unspecified atom stereocenters. The normalized spacial score (nSPS) is 15.6. The van der Waals surface area contributed by atoms with Gasteiger partial charge in [-0.3, -0.25) is 4.90 Å².